The smallest absolute Gasteiger partial charge is 0.223 e. The van der Waals surface area contributed by atoms with Gasteiger partial charge in [-0.25, -0.2) is 0 Å². The molecule has 0 aliphatic heterocycles. The molecule has 96 valence electrons. The van der Waals surface area contributed by atoms with Gasteiger partial charge in [0, 0.05) is 42.0 Å². The molecule has 0 aliphatic carbocycles. The van der Waals surface area contributed by atoms with Gasteiger partial charge in [0.15, 0.2) is 0 Å². The first-order valence-electron chi connectivity index (χ1n) is 5.41. The van der Waals surface area contributed by atoms with Crippen molar-refractivity contribution in [2.45, 2.75) is 18.6 Å². The molecule has 1 aromatic rings. The predicted molar refractivity (Wildman–Crippen MR) is 72.6 cm³/mol. The average molecular weight is 257 g/mol. The van der Waals surface area contributed by atoms with Crippen LogP contribution in [0.5, 0.6) is 0 Å². The van der Waals surface area contributed by atoms with E-state index in [1.54, 1.807) is 19.4 Å². The van der Waals surface area contributed by atoms with E-state index in [-0.39, 0.29) is 11.2 Å². The number of nitrogen functional groups attached to an aromatic ring is 1. The maximum atomic E-state index is 11.2. The molecule has 2 unspecified atom stereocenters. The molecule has 0 fully saturated rings. The number of hydrogen-bond acceptors (Lipinski definition) is 6. The Hall–Kier alpha value is -1.37. The van der Waals surface area contributed by atoms with E-state index in [2.05, 4.69) is 20.6 Å². The normalized spacial score (nSPS) is 14.1. The number of nitrogens with one attached hydrogen (secondary N) is 2. The van der Waals surface area contributed by atoms with Crippen LogP contribution >= 0.6 is 0 Å². The van der Waals surface area contributed by atoms with E-state index in [0.29, 0.717) is 18.2 Å². The molecule has 2 atom stereocenters. The SMILES string of the molecule is CNc1cc(NCCC(C)S(C)=O)nc(N)n1. The maximum Gasteiger partial charge on any atom is 0.223 e. The predicted octanol–water partition coefficient (Wildman–Crippen LogP) is 0.669. The van der Waals surface area contributed by atoms with Gasteiger partial charge in [-0.1, -0.05) is 6.92 Å². The van der Waals surface area contributed by atoms with Crippen molar-refractivity contribution in [2.75, 3.05) is 36.2 Å². The zero-order valence-electron chi connectivity index (χ0n) is 10.4. The molecule has 1 heterocycles. The first-order valence-corrected chi connectivity index (χ1v) is 7.03. The highest BCUT2D eigenvalue weighted by atomic mass is 32.2. The van der Waals surface area contributed by atoms with Crippen molar-refractivity contribution in [1.29, 1.82) is 0 Å². The molecule has 1 rings (SSSR count). The fraction of sp³-hybridized carbons (Fsp3) is 0.600. The Bertz CT molecular complexity index is 398. The van der Waals surface area contributed by atoms with Crippen molar-refractivity contribution in [1.82, 2.24) is 9.97 Å². The fourth-order valence-electron chi connectivity index (χ4n) is 1.25. The Morgan fingerprint density at radius 1 is 1.47 bits per heavy atom. The van der Waals surface area contributed by atoms with E-state index in [9.17, 15) is 4.21 Å². The molecule has 0 aliphatic rings. The third-order valence-corrected chi connectivity index (χ3v) is 3.79. The molecular weight excluding hydrogens is 238 g/mol. The summed E-state index contributed by atoms with van der Waals surface area (Å²) in [5, 5.41) is 6.22. The molecule has 17 heavy (non-hydrogen) atoms. The van der Waals surface area contributed by atoms with Crippen LogP contribution in [0, 0.1) is 0 Å². The molecule has 0 aromatic carbocycles. The van der Waals surface area contributed by atoms with Crippen LogP contribution in [0.25, 0.3) is 0 Å². The molecule has 0 spiro atoms. The topological polar surface area (TPSA) is 92.9 Å². The van der Waals surface area contributed by atoms with Gasteiger partial charge in [-0.05, 0) is 6.42 Å². The minimum Gasteiger partial charge on any atom is -0.373 e. The number of aromatic nitrogens is 2. The van der Waals surface area contributed by atoms with Crippen molar-refractivity contribution in [3.8, 4) is 0 Å². The number of nitrogens with two attached hydrogens (primary N) is 1. The summed E-state index contributed by atoms with van der Waals surface area (Å²) in [5.74, 6) is 1.58. The number of hydrogen-bond donors (Lipinski definition) is 3. The van der Waals surface area contributed by atoms with E-state index in [0.717, 1.165) is 6.42 Å². The Morgan fingerprint density at radius 3 is 2.71 bits per heavy atom. The summed E-state index contributed by atoms with van der Waals surface area (Å²) in [6.45, 7) is 2.67. The van der Waals surface area contributed by atoms with Crippen molar-refractivity contribution in [2.24, 2.45) is 0 Å². The Kier molecular flexibility index (Phi) is 5.14. The van der Waals surface area contributed by atoms with E-state index in [1.807, 2.05) is 6.92 Å². The molecule has 6 nitrogen and oxygen atoms in total. The van der Waals surface area contributed by atoms with E-state index < -0.39 is 10.8 Å². The van der Waals surface area contributed by atoms with Crippen LogP contribution in [0.4, 0.5) is 17.6 Å². The van der Waals surface area contributed by atoms with Crippen LogP contribution in [0.3, 0.4) is 0 Å². The zero-order chi connectivity index (χ0) is 12.8. The first-order chi connectivity index (χ1) is 8.02. The quantitative estimate of drug-likeness (QED) is 0.693. The highest BCUT2D eigenvalue weighted by molar-refractivity contribution is 7.84. The summed E-state index contributed by atoms with van der Waals surface area (Å²) < 4.78 is 11.2. The molecule has 4 N–H and O–H groups in total. The molecule has 0 saturated heterocycles. The van der Waals surface area contributed by atoms with Gasteiger partial charge in [0.2, 0.25) is 5.95 Å². The van der Waals surface area contributed by atoms with Gasteiger partial charge in [0.1, 0.15) is 11.6 Å². The molecule has 0 amide bonds. The van der Waals surface area contributed by atoms with Crippen LogP contribution in [0.15, 0.2) is 6.07 Å². The zero-order valence-corrected chi connectivity index (χ0v) is 11.2. The summed E-state index contributed by atoms with van der Waals surface area (Å²) in [6, 6.07) is 1.78. The number of anilines is 3. The summed E-state index contributed by atoms with van der Waals surface area (Å²) in [4.78, 5) is 8.05. The van der Waals surface area contributed by atoms with Crippen LogP contribution in [0.2, 0.25) is 0 Å². The lowest BCUT2D eigenvalue weighted by atomic mass is 10.3. The molecular formula is C10H19N5OS. The lowest BCUT2D eigenvalue weighted by Gasteiger charge is -2.10. The summed E-state index contributed by atoms with van der Waals surface area (Å²) in [7, 11) is 0.983. The Balaban J connectivity index is 2.51. The summed E-state index contributed by atoms with van der Waals surface area (Å²) in [6.07, 6.45) is 2.54. The van der Waals surface area contributed by atoms with Crippen LogP contribution in [-0.2, 0) is 10.8 Å². The highest BCUT2D eigenvalue weighted by Crippen LogP contribution is 2.12. The lowest BCUT2D eigenvalue weighted by molar-refractivity contribution is 0.672. The molecule has 1 aromatic heterocycles. The summed E-state index contributed by atoms with van der Waals surface area (Å²) >= 11 is 0. The largest absolute Gasteiger partial charge is 0.373 e. The van der Waals surface area contributed by atoms with Gasteiger partial charge in [-0.3, -0.25) is 4.21 Å². The van der Waals surface area contributed by atoms with E-state index in [1.165, 1.54) is 0 Å². The average Bonchev–Trinajstić information content (AvgIpc) is 2.27. The standard InChI is InChI=1S/C10H19N5OS/c1-7(17(3)16)4-5-13-9-6-8(12-2)14-10(11)15-9/h6-7H,4-5H2,1-3H3,(H4,11,12,13,14,15). The second-order valence-electron chi connectivity index (χ2n) is 3.77. The molecule has 7 heteroatoms. The van der Waals surface area contributed by atoms with Gasteiger partial charge >= 0.3 is 0 Å². The van der Waals surface area contributed by atoms with Crippen LogP contribution < -0.4 is 16.4 Å². The molecule has 0 radical (unpaired) electrons. The number of nitrogens with zero attached hydrogens (tertiary/aromatic N) is 2. The van der Waals surface area contributed by atoms with E-state index >= 15 is 0 Å². The van der Waals surface area contributed by atoms with Crippen molar-refractivity contribution < 1.29 is 4.21 Å². The van der Waals surface area contributed by atoms with Crippen molar-refractivity contribution >= 4 is 28.4 Å². The van der Waals surface area contributed by atoms with Crippen molar-refractivity contribution in [3.05, 3.63) is 6.07 Å². The summed E-state index contributed by atoms with van der Waals surface area (Å²) in [5.41, 5.74) is 5.56. The Labute approximate surface area is 104 Å². The third kappa shape index (κ3) is 4.56. The van der Waals surface area contributed by atoms with Crippen molar-refractivity contribution in [3.63, 3.8) is 0 Å². The number of rotatable bonds is 6. The fourth-order valence-corrected chi connectivity index (χ4v) is 1.70. The Morgan fingerprint density at radius 2 is 2.12 bits per heavy atom. The van der Waals surface area contributed by atoms with E-state index in [4.69, 9.17) is 5.73 Å². The molecule has 0 bridgehead atoms. The van der Waals surface area contributed by atoms with Crippen LogP contribution in [0.1, 0.15) is 13.3 Å². The second kappa shape index (κ2) is 6.39. The van der Waals surface area contributed by atoms with Gasteiger partial charge < -0.3 is 16.4 Å². The lowest BCUT2D eigenvalue weighted by Crippen LogP contribution is -2.15. The third-order valence-electron chi connectivity index (χ3n) is 2.42. The monoisotopic (exact) mass is 257 g/mol. The second-order valence-corrected chi connectivity index (χ2v) is 5.57. The van der Waals surface area contributed by atoms with Gasteiger partial charge in [-0.15, -0.1) is 0 Å². The molecule has 0 saturated carbocycles. The van der Waals surface area contributed by atoms with Crippen LogP contribution in [-0.4, -0.2) is 39.3 Å². The minimum absolute atomic E-state index is 0.172. The van der Waals surface area contributed by atoms with Gasteiger partial charge in [0.05, 0.1) is 0 Å². The minimum atomic E-state index is -0.788. The first kappa shape index (κ1) is 13.7. The van der Waals surface area contributed by atoms with Gasteiger partial charge in [0.25, 0.3) is 0 Å². The maximum absolute atomic E-state index is 11.2. The highest BCUT2D eigenvalue weighted by Gasteiger charge is 2.06. The van der Waals surface area contributed by atoms with Gasteiger partial charge in [-0.2, -0.15) is 9.97 Å².